The van der Waals surface area contributed by atoms with Crippen molar-refractivity contribution in [3.63, 3.8) is 0 Å². The zero-order chi connectivity index (χ0) is 13.9. The summed E-state index contributed by atoms with van der Waals surface area (Å²) in [7, 11) is 0. The minimum atomic E-state index is 0.286. The molecular formula is C17H17NOS. The number of phenols is 1. The van der Waals surface area contributed by atoms with Crippen molar-refractivity contribution in [1.29, 1.82) is 0 Å². The highest BCUT2D eigenvalue weighted by molar-refractivity contribution is 7.10. The number of aromatic hydroxyl groups is 1. The fourth-order valence-electron chi connectivity index (χ4n) is 2.40. The SMILES string of the molecule is C[C@@H](NCc1c(O)ccc2ccccc12)c1cccs1. The summed E-state index contributed by atoms with van der Waals surface area (Å²) >= 11 is 1.75. The Balaban J connectivity index is 1.85. The Morgan fingerprint density at radius 2 is 1.95 bits per heavy atom. The predicted octanol–water partition coefficient (Wildman–Crippen LogP) is 4.46. The van der Waals surface area contributed by atoms with Crippen LogP contribution in [0.5, 0.6) is 5.75 Å². The van der Waals surface area contributed by atoms with Crippen LogP contribution in [0, 0.1) is 0 Å². The van der Waals surface area contributed by atoms with Crippen molar-refractivity contribution in [3.05, 3.63) is 64.4 Å². The molecule has 0 aliphatic heterocycles. The summed E-state index contributed by atoms with van der Waals surface area (Å²) in [4.78, 5) is 1.31. The maximum atomic E-state index is 10.1. The third-order valence-electron chi connectivity index (χ3n) is 3.57. The molecule has 2 aromatic carbocycles. The normalized spacial score (nSPS) is 12.7. The Morgan fingerprint density at radius 1 is 1.10 bits per heavy atom. The van der Waals surface area contributed by atoms with Crippen LogP contribution in [0.2, 0.25) is 0 Å². The first kappa shape index (κ1) is 13.2. The molecule has 0 aliphatic rings. The first-order valence-corrected chi connectivity index (χ1v) is 7.60. The maximum Gasteiger partial charge on any atom is 0.120 e. The van der Waals surface area contributed by atoms with Gasteiger partial charge in [-0.3, -0.25) is 0 Å². The minimum Gasteiger partial charge on any atom is -0.508 e. The molecule has 0 spiro atoms. The van der Waals surface area contributed by atoms with Crippen LogP contribution < -0.4 is 5.32 Å². The van der Waals surface area contributed by atoms with E-state index in [4.69, 9.17) is 0 Å². The van der Waals surface area contributed by atoms with Crippen molar-refractivity contribution in [2.24, 2.45) is 0 Å². The van der Waals surface area contributed by atoms with Gasteiger partial charge in [0.1, 0.15) is 5.75 Å². The lowest BCUT2D eigenvalue weighted by atomic mass is 10.0. The van der Waals surface area contributed by atoms with Crippen LogP contribution in [0.3, 0.4) is 0 Å². The van der Waals surface area contributed by atoms with Crippen molar-refractivity contribution < 1.29 is 5.11 Å². The highest BCUT2D eigenvalue weighted by Crippen LogP contribution is 2.28. The van der Waals surface area contributed by atoms with Gasteiger partial charge in [-0.15, -0.1) is 11.3 Å². The summed E-state index contributed by atoms with van der Waals surface area (Å²) in [5.41, 5.74) is 0.964. The molecule has 0 saturated carbocycles. The molecule has 20 heavy (non-hydrogen) atoms. The second-order valence-electron chi connectivity index (χ2n) is 4.90. The van der Waals surface area contributed by atoms with Gasteiger partial charge < -0.3 is 10.4 Å². The van der Waals surface area contributed by atoms with Gasteiger partial charge in [-0.05, 0) is 35.2 Å². The van der Waals surface area contributed by atoms with Crippen molar-refractivity contribution in [1.82, 2.24) is 5.32 Å². The van der Waals surface area contributed by atoms with E-state index in [1.54, 1.807) is 17.4 Å². The maximum absolute atomic E-state index is 10.1. The minimum absolute atomic E-state index is 0.286. The monoisotopic (exact) mass is 283 g/mol. The second-order valence-corrected chi connectivity index (χ2v) is 5.88. The summed E-state index contributed by atoms with van der Waals surface area (Å²) in [5, 5.41) is 18.0. The highest BCUT2D eigenvalue weighted by Gasteiger charge is 2.10. The van der Waals surface area contributed by atoms with Crippen LogP contribution in [-0.2, 0) is 6.54 Å². The van der Waals surface area contributed by atoms with E-state index in [1.165, 1.54) is 4.88 Å². The zero-order valence-corrected chi connectivity index (χ0v) is 12.2. The molecule has 0 aliphatic carbocycles. The van der Waals surface area contributed by atoms with Gasteiger partial charge in [0.25, 0.3) is 0 Å². The van der Waals surface area contributed by atoms with E-state index >= 15 is 0 Å². The number of nitrogens with one attached hydrogen (secondary N) is 1. The molecule has 3 aromatic rings. The number of rotatable bonds is 4. The summed E-state index contributed by atoms with van der Waals surface area (Å²) in [6.45, 7) is 2.81. The van der Waals surface area contributed by atoms with E-state index in [0.717, 1.165) is 16.3 Å². The first-order chi connectivity index (χ1) is 9.75. The third-order valence-corrected chi connectivity index (χ3v) is 4.63. The van der Waals surface area contributed by atoms with Crippen molar-refractivity contribution in [2.75, 3.05) is 0 Å². The van der Waals surface area contributed by atoms with Gasteiger partial charge in [-0.1, -0.05) is 36.4 Å². The Morgan fingerprint density at radius 3 is 2.75 bits per heavy atom. The fourth-order valence-corrected chi connectivity index (χ4v) is 3.16. The standard InChI is InChI=1S/C17H17NOS/c1-12(17-7-4-10-20-17)18-11-15-14-6-3-2-5-13(14)8-9-16(15)19/h2-10,12,18-19H,11H2,1H3/t12-/m1/s1. The number of hydrogen-bond acceptors (Lipinski definition) is 3. The number of thiophene rings is 1. The molecule has 1 heterocycles. The lowest BCUT2D eigenvalue weighted by Crippen LogP contribution is -2.17. The van der Waals surface area contributed by atoms with Crippen LogP contribution in [0.15, 0.2) is 53.9 Å². The zero-order valence-electron chi connectivity index (χ0n) is 11.3. The smallest absolute Gasteiger partial charge is 0.120 e. The molecule has 0 saturated heterocycles. The fraction of sp³-hybridized carbons (Fsp3) is 0.176. The van der Waals surface area contributed by atoms with Gasteiger partial charge in [0, 0.05) is 23.0 Å². The van der Waals surface area contributed by atoms with Gasteiger partial charge in [-0.2, -0.15) is 0 Å². The van der Waals surface area contributed by atoms with Gasteiger partial charge in [0.15, 0.2) is 0 Å². The average Bonchev–Trinajstić information content (AvgIpc) is 3.00. The Labute approximate surface area is 122 Å². The lowest BCUT2D eigenvalue weighted by Gasteiger charge is -2.14. The van der Waals surface area contributed by atoms with Crippen LogP contribution in [0.25, 0.3) is 10.8 Å². The molecule has 102 valence electrons. The molecule has 0 fully saturated rings. The van der Waals surface area contributed by atoms with E-state index in [2.05, 4.69) is 41.9 Å². The molecule has 3 rings (SSSR count). The van der Waals surface area contributed by atoms with E-state index in [9.17, 15) is 5.11 Å². The topological polar surface area (TPSA) is 32.3 Å². The van der Waals surface area contributed by atoms with Gasteiger partial charge >= 0.3 is 0 Å². The van der Waals surface area contributed by atoms with Gasteiger partial charge in [0.2, 0.25) is 0 Å². The van der Waals surface area contributed by atoms with Crippen molar-refractivity contribution >= 4 is 22.1 Å². The molecule has 2 nitrogen and oxygen atoms in total. The van der Waals surface area contributed by atoms with Crippen molar-refractivity contribution in [3.8, 4) is 5.75 Å². The van der Waals surface area contributed by atoms with Gasteiger partial charge in [-0.25, -0.2) is 0 Å². The molecule has 2 N–H and O–H groups in total. The lowest BCUT2D eigenvalue weighted by molar-refractivity contribution is 0.462. The number of phenolic OH excluding ortho intramolecular Hbond substituents is 1. The summed E-state index contributed by atoms with van der Waals surface area (Å²) < 4.78 is 0. The third kappa shape index (κ3) is 2.55. The quantitative estimate of drug-likeness (QED) is 0.741. The van der Waals surface area contributed by atoms with Crippen LogP contribution in [-0.4, -0.2) is 5.11 Å². The van der Waals surface area contributed by atoms with Crippen LogP contribution in [0.4, 0.5) is 0 Å². The first-order valence-electron chi connectivity index (χ1n) is 6.72. The summed E-state index contributed by atoms with van der Waals surface area (Å²) in [6.07, 6.45) is 0. The molecular weight excluding hydrogens is 266 g/mol. The predicted molar refractivity (Wildman–Crippen MR) is 85.2 cm³/mol. The number of hydrogen-bond donors (Lipinski definition) is 2. The molecule has 1 aromatic heterocycles. The van der Waals surface area contributed by atoms with Crippen LogP contribution in [0.1, 0.15) is 23.4 Å². The number of fused-ring (bicyclic) bond motifs is 1. The highest BCUT2D eigenvalue weighted by atomic mass is 32.1. The molecule has 0 unspecified atom stereocenters. The van der Waals surface area contributed by atoms with Crippen LogP contribution >= 0.6 is 11.3 Å². The molecule has 1 atom stereocenters. The van der Waals surface area contributed by atoms with E-state index < -0.39 is 0 Å². The average molecular weight is 283 g/mol. The van der Waals surface area contributed by atoms with Crippen molar-refractivity contribution in [2.45, 2.75) is 19.5 Å². The summed E-state index contributed by atoms with van der Waals surface area (Å²) in [6, 6.07) is 16.4. The Bertz CT molecular complexity index is 706. The van der Waals surface area contributed by atoms with E-state index in [0.29, 0.717) is 12.3 Å². The van der Waals surface area contributed by atoms with E-state index in [-0.39, 0.29) is 6.04 Å². The molecule has 0 radical (unpaired) electrons. The molecule has 3 heteroatoms. The summed E-state index contributed by atoms with van der Waals surface area (Å²) in [5.74, 6) is 0.356. The van der Waals surface area contributed by atoms with Gasteiger partial charge in [0.05, 0.1) is 0 Å². The largest absolute Gasteiger partial charge is 0.508 e. The second kappa shape index (κ2) is 5.65. The Hall–Kier alpha value is -1.84. The molecule has 0 amide bonds. The Kier molecular flexibility index (Phi) is 3.72. The molecule has 0 bridgehead atoms. The van der Waals surface area contributed by atoms with E-state index in [1.807, 2.05) is 18.2 Å². The number of benzene rings is 2.